The fourth-order valence-electron chi connectivity index (χ4n) is 1.60. The molecule has 5 nitrogen and oxygen atoms in total. The van der Waals surface area contributed by atoms with Crippen LogP contribution in [0.5, 0.6) is 0 Å². The van der Waals surface area contributed by atoms with Crippen LogP contribution in [-0.2, 0) is 14.3 Å². The molecule has 0 saturated carbocycles. The SMILES string of the molecule is CC(C)COCCOCC(=O)N1CCNCC1. The number of carbonyl (C=O) groups is 1. The van der Waals surface area contributed by atoms with Crippen molar-refractivity contribution in [2.45, 2.75) is 13.8 Å². The molecule has 5 heteroatoms. The molecule has 17 heavy (non-hydrogen) atoms. The van der Waals surface area contributed by atoms with E-state index in [-0.39, 0.29) is 12.5 Å². The molecule has 1 aliphatic rings. The zero-order valence-electron chi connectivity index (χ0n) is 10.9. The number of nitrogens with zero attached hydrogens (tertiary/aromatic N) is 1. The number of amides is 1. The van der Waals surface area contributed by atoms with Crippen molar-refractivity contribution >= 4 is 5.91 Å². The van der Waals surface area contributed by atoms with E-state index in [0.717, 1.165) is 32.8 Å². The molecule has 0 aromatic heterocycles. The summed E-state index contributed by atoms with van der Waals surface area (Å²) < 4.78 is 10.7. The van der Waals surface area contributed by atoms with Crippen LogP contribution in [0.3, 0.4) is 0 Å². The molecule has 1 amide bonds. The number of rotatable bonds is 7. The van der Waals surface area contributed by atoms with Gasteiger partial charge in [-0.1, -0.05) is 13.8 Å². The summed E-state index contributed by atoms with van der Waals surface area (Å²) in [5.74, 6) is 0.618. The van der Waals surface area contributed by atoms with Gasteiger partial charge >= 0.3 is 0 Å². The van der Waals surface area contributed by atoms with Crippen LogP contribution in [0.2, 0.25) is 0 Å². The second-order valence-electron chi connectivity index (χ2n) is 4.65. The van der Waals surface area contributed by atoms with Crippen molar-refractivity contribution in [3.05, 3.63) is 0 Å². The first-order chi connectivity index (χ1) is 8.20. The number of ether oxygens (including phenoxy) is 2. The van der Waals surface area contributed by atoms with Crippen LogP contribution in [-0.4, -0.2) is 63.4 Å². The quantitative estimate of drug-likeness (QED) is 0.646. The standard InChI is InChI=1S/C12H24N2O3/c1-11(2)9-16-7-8-17-10-12(15)14-5-3-13-4-6-14/h11,13H,3-10H2,1-2H3. The molecule has 1 rings (SSSR count). The number of nitrogens with one attached hydrogen (secondary N) is 1. The molecule has 0 radical (unpaired) electrons. The van der Waals surface area contributed by atoms with Gasteiger partial charge in [0.25, 0.3) is 0 Å². The first-order valence-electron chi connectivity index (χ1n) is 6.34. The van der Waals surface area contributed by atoms with Gasteiger partial charge < -0.3 is 19.7 Å². The van der Waals surface area contributed by atoms with Crippen LogP contribution in [0.1, 0.15) is 13.8 Å². The summed E-state index contributed by atoms with van der Waals surface area (Å²) >= 11 is 0. The molecule has 0 aliphatic carbocycles. The monoisotopic (exact) mass is 244 g/mol. The fourth-order valence-corrected chi connectivity index (χ4v) is 1.60. The molecular weight excluding hydrogens is 220 g/mol. The third kappa shape index (κ3) is 6.61. The summed E-state index contributed by atoms with van der Waals surface area (Å²) in [7, 11) is 0. The number of hydrogen-bond donors (Lipinski definition) is 1. The van der Waals surface area contributed by atoms with E-state index in [2.05, 4.69) is 19.2 Å². The lowest BCUT2D eigenvalue weighted by Crippen LogP contribution is -2.47. The van der Waals surface area contributed by atoms with Crippen molar-refractivity contribution in [3.8, 4) is 0 Å². The van der Waals surface area contributed by atoms with Crippen molar-refractivity contribution in [2.75, 3.05) is 52.6 Å². The van der Waals surface area contributed by atoms with E-state index in [4.69, 9.17) is 9.47 Å². The predicted octanol–water partition coefficient (Wildman–Crippen LogP) is 0.107. The highest BCUT2D eigenvalue weighted by molar-refractivity contribution is 5.77. The summed E-state index contributed by atoms with van der Waals surface area (Å²) in [5, 5.41) is 3.21. The first-order valence-corrected chi connectivity index (χ1v) is 6.34. The Balaban J connectivity index is 1.96. The Hall–Kier alpha value is -0.650. The van der Waals surface area contributed by atoms with Crippen molar-refractivity contribution in [1.82, 2.24) is 10.2 Å². The molecule has 100 valence electrons. The summed E-state index contributed by atoms with van der Waals surface area (Å²) in [6.07, 6.45) is 0. The molecule has 0 aromatic carbocycles. The Morgan fingerprint density at radius 3 is 2.53 bits per heavy atom. The van der Waals surface area contributed by atoms with E-state index in [1.54, 1.807) is 0 Å². The van der Waals surface area contributed by atoms with Crippen molar-refractivity contribution in [1.29, 1.82) is 0 Å². The third-order valence-corrected chi connectivity index (χ3v) is 2.52. The van der Waals surface area contributed by atoms with E-state index in [1.807, 2.05) is 4.90 Å². The Kier molecular flexibility index (Phi) is 7.16. The minimum absolute atomic E-state index is 0.0790. The summed E-state index contributed by atoms with van der Waals surface area (Å²) in [6, 6.07) is 0. The summed E-state index contributed by atoms with van der Waals surface area (Å²) in [5.41, 5.74) is 0. The van der Waals surface area contributed by atoms with Crippen LogP contribution < -0.4 is 5.32 Å². The lowest BCUT2D eigenvalue weighted by Gasteiger charge is -2.27. The van der Waals surface area contributed by atoms with Crippen LogP contribution in [0.15, 0.2) is 0 Å². The number of hydrogen-bond acceptors (Lipinski definition) is 4. The second kappa shape index (κ2) is 8.44. The predicted molar refractivity (Wildman–Crippen MR) is 65.9 cm³/mol. The van der Waals surface area contributed by atoms with Gasteiger partial charge in [-0.2, -0.15) is 0 Å². The van der Waals surface area contributed by atoms with Crippen molar-refractivity contribution in [2.24, 2.45) is 5.92 Å². The number of piperazine rings is 1. The second-order valence-corrected chi connectivity index (χ2v) is 4.65. The van der Waals surface area contributed by atoms with Crippen LogP contribution in [0.25, 0.3) is 0 Å². The van der Waals surface area contributed by atoms with Gasteiger partial charge in [-0.25, -0.2) is 0 Å². The maximum Gasteiger partial charge on any atom is 0.248 e. The Morgan fingerprint density at radius 1 is 1.24 bits per heavy atom. The van der Waals surface area contributed by atoms with Gasteiger partial charge in [0.05, 0.1) is 13.2 Å². The topological polar surface area (TPSA) is 50.8 Å². The molecule has 0 aromatic rings. The van der Waals surface area contributed by atoms with Gasteiger partial charge in [-0.05, 0) is 5.92 Å². The zero-order chi connectivity index (χ0) is 12.5. The maximum absolute atomic E-state index is 11.7. The highest BCUT2D eigenvalue weighted by Crippen LogP contribution is 1.95. The Labute approximate surface area is 103 Å². The van der Waals surface area contributed by atoms with E-state index < -0.39 is 0 Å². The maximum atomic E-state index is 11.7. The third-order valence-electron chi connectivity index (χ3n) is 2.52. The molecule has 0 spiro atoms. The van der Waals surface area contributed by atoms with E-state index in [0.29, 0.717) is 19.1 Å². The average molecular weight is 244 g/mol. The minimum Gasteiger partial charge on any atom is -0.379 e. The number of carbonyl (C=O) groups excluding carboxylic acids is 1. The van der Waals surface area contributed by atoms with Gasteiger partial charge in [0.15, 0.2) is 0 Å². The molecule has 0 bridgehead atoms. The molecular formula is C12H24N2O3. The van der Waals surface area contributed by atoms with Crippen LogP contribution in [0, 0.1) is 5.92 Å². The normalized spacial score (nSPS) is 16.5. The molecule has 0 atom stereocenters. The highest BCUT2D eigenvalue weighted by Gasteiger charge is 2.15. The van der Waals surface area contributed by atoms with Crippen molar-refractivity contribution in [3.63, 3.8) is 0 Å². The van der Waals surface area contributed by atoms with E-state index in [1.165, 1.54) is 0 Å². The van der Waals surface area contributed by atoms with Gasteiger partial charge in [0.2, 0.25) is 5.91 Å². The van der Waals surface area contributed by atoms with E-state index in [9.17, 15) is 4.79 Å². The Bertz CT molecular complexity index is 216. The molecule has 0 unspecified atom stereocenters. The highest BCUT2D eigenvalue weighted by atomic mass is 16.5. The lowest BCUT2D eigenvalue weighted by atomic mass is 10.2. The average Bonchev–Trinajstić information content (AvgIpc) is 2.34. The van der Waals surface area contributed by atoms with Gasteiger partial charge in [0, 0.05) is 32.8 Å². The largest absolute Gasteiger partial charge is 0.379 e. The lowest BCUT2D eigenvalue weighted by molar-refractivity contribution is -0.137. The van der Waals surface area contributed by atoms with Gasteiger partial charge in [-0.15, -0.1) is 0 Å². The Morgan fingerprint density at radius 2 is 1.88 bits per heavy atom. The molecule has 1 fully saturated rings. The minimum atomic E-state index is 0.0790. The smallest absolute Gasteiger partial charge is 0.248 e. The van der Waals surface area contributed by atoms with E-state index >= 15 is 0 Å². The van der Waals surface area contributed by atoms with Gasteiger partial charge in [0.1, 0.15) is 6.61 Å². The summed E-state index contributed by atoms with van der Waals surface area (Å²) in [4.78, 5) is 13.5. The summed E-state index contributed by atoms with van der Waals surface area (Å²) in [6.45, 7) is 9.51. The first kappa shape index (κ1) is 14.4. The fraction of sp³-hybridized carbons (Fsp3) is 0.917. The molecule has 1 aliphatic heterocycles. The molecule has 1 N–H and O–H groups in total. The molecule has 1 saturated heterocycles. The molecule has 1 heterocycles. The van der Waals surface area contributed by atoms with Crippen LogP contribution in [0.4, 0.5) is 0 Å². The van der Waals surface area contributed by atoms with Gasteiger partial charge in [-0.3, -0.25) is 4.79 Å². The van der Waals surface area contributed by atoms with Crippen molar-refractivity contribution < 1.29 is 14.3 Å². The van der Waals surface area contributed by atoms with Crippen LogP contribution >= 0.6 is 0 Å². The zero-order valence-corrected chi connectivity index (χ0v) is 10.9.